The van der Waals surface area contributed by atoms with Crippen molar-refractivity contribution in [3.63, 3.8) is 0 Å². The van der Waals surface area contributed by atoms with Crippen molar-refractivity contribution >= 4 is 5.82 Å². The number of hydrogen-bond acceptors (Lipinski definition) is 5. The van der Waals surface area contributed by atoms with Crippen molar-refractivity contribution in [1.29, 1.82) is 0 Å². The minimum Gasteiger partial charge on any atom is -0.472 e. The molecule has 5 heteroatoms. The zero-order valence-electron chi connectivity index (χ0n) is 12.6. The van der Waals surface area contributed by atoms with Crippen molar-refractivity contribution in [1.82, 2.24) is 9.97 Å². The highest BCUT2D eigenvalue weighted by Crippen LogP contribution is 2.19. The Hall–Kier alpha value is -1.36. The van der Waals surface area contributed by atoms with Gasteiger partial charge in [-0.1, -0.05) is 20.8 Å². The number of rotatable bonds is 8. The predicted octanol–water partition coefficient (Wildman–Crippen LogP) is 2.84. The second-order valence-electron chi connectivity index (χ2n) is 4.91. The molecule has 1 unspecified atom stereocenters. The fourth-order valence-electron chi connectivity index (χ4n) is 1.58. The Labute approximate surface area is 115 Å². The molecular formula is C14H25N3O2. The molecule has 0 spiro atoms. The summed E-state index contributed by atoms with van der Waals surface area (Å²) in [7, 11) is 1.66. The second kappa shape index (κ2) is 7.94. The van der Waals surface area contributed by atoms with E-state index < -0.39 is 0 Å². The highest BCUT2D eigenvalue weighted by molar-refractivity contribution is 5.38. The average molecular weight is 267 g/mol. The minimum absolute atomic E-state index is 0.0288. The molecule has 0 saturated heterocycles. The SMILES string of the molecule is CCCNc1cc(OC(C)COC)nc(C(C)C)n1. The van der Waals surface area contributed by atoms with E-state index in [-0.39, 0.29) is 12.0 Å². The molecule has 1 aromatic rings. The summed E-state index contributed by atoms with van der Waals surface area (Å²) in [5.41, 5.74) is 0. The van der Waals surface area contributed by atoms with E-state index in [4.69, 9.17) is 9.47 Å². The van der Waals surface area contributed by atoms with Gasteiger partial charge < -0.3 is 14.8 Å². The van der Waals surface area contributed by atoms with Gasteiger partial charge >= 0.3 is 0 Å². The second-order valence-corrected chi connectivity index (χ2v) is 4.91. The summed E-state index contributed by atoms with van der Waals surface area (Å²) in [5, 5.41) is 3.27. The van der Waals surface area contributed by atoms with Gasteiger partial charge in [0.2, 0.25) is 5.88 Å². The molecule has 0 fully saturated rings. The molecule has 0 bridgehead atoms. The molecule has 1 atom stereocenters. The summed E-state index contributed by atoms with van der Waals surface area (Å²) in [5.74, 6) is 2.48. The number of anilines is 1. The number of aromatic nitrogens is 2. The zero-order valence-corrected chi connectivity index (χ0v) is 12.6. The highest BCUT2D eigenvalue weighted by atomic mass is 16.5. The number of ether oxygens (including phenoxy) is 2. The van der Waals surface area contributed by atoms with Crippen LogP contribution in [0.4, 0.5) is 5.82 Å². The van der Waals surface area contributed by atoms with E-state index in [1.165, 1.54) is 0 Å². The smallest absolute Gasteiger partial charge is 0.219 e. The fraction of sp³-hybridized carbons (Fsp3) is 0.714. The van der Waals surface area contributed by atoms with Crippen LogP contribution in [0.1, 0.15) is 45.9 Å². The minimum atomic E-state index is -0.0288. The number of nitrogens with zero attached hydrogens (tertiary/aromatic N) is 2. The molecule has 0 saturated carbocycles. The van der Waals surface area contributed by atoms with Crippen LogP contribution in [0.15, 0.2) is 6.07 Å². The van der Waals surface area contributed by atoms with Gasteiger partial charge in [0.25, 0.3) is 0 Å². The van der Waals surface area contributed by atoms with Gasteiger partial charge in [-0.2, -0.15) is 4.98 Å². The van der Waals surface area contributed by atoms with Crippen LogP contribution in [0.25, 0.3) is 0 Å². The molecular weight excluding hydrogens is 242 g/mol. The van der Waals surface area contributed by atoms with Gasteiger partial charge in [-0.3, -0.25) is 0 Å². The first-order valence-electron chi connectivity index (χ1n) is 6.85. The third-order valence-electron chi connectivity index (χ3n) is 2.52. The lowest BCUT2D eigenvalue weighted by molar-refractivity contribution is 0.0887. The first kappa shape index (κ1) is 15.7. The third-order valence-corrected chi connectivity index (χ3v) is 2.52. The fourth-order valence-corrected chi connectivity index (χ4v) is 1.58. The highest BCUT2D eigenvalue weighted by Gasteiger charge is 2.11. The molecule has 0 radical (unpaired) electrons. The predicted molar refractivity (Wildman–Crippen MR) is 76.9 cm³/mol. The van der Waals surface area contributed by atoms with Crippen molar-refractivity contribution in [2.24, 2.45) is 0 Å². The molecule has 0 amide bonds. The molecule has 1 aromatic heterocycles. The first-order valence-corrected chi connectivity index (χ1v) is 6.85. The number of nitrogens with one attached hydrogen (secondary N) is 1. The third kappa shape index (κ3) is 5.42. The summed E-state index contributed by atoms with van der Waals surface area (Å²) in [6.07, 6.45) is 1.02. The molecule has 0 aliphatic heterocycles. The number of hydrogen-bond donors (Lipinski definition) is 1. The van der Waals surface area contributed by atoms with Gasteiger partial charge in [0.05, 0.1) is 6.61 Å². The first-order chi connectivity index (χ1) is 9.06. The largest absolute Gasteiger partial charge is 0.472 e. The van der Waals surface area contributed by atoms with Crippen LogP contribution in [0.3, 0.4) is 0 Å². The molecule has 1 heterocycles. The average Bonchev–Trinajstić information content (AvgIpc) is 2.36. The molecule has 1 N–H and O–H groups in total. The Morgan fingerprint density at radius 1 is 1.26 bits per heavy atom. The lowest BCUT2D eigenvalue weighted by Crippen LogP contribution is -2.19. The Morgan fingerprint density at radius 2 is 2.00 bits per heavy atom. The van der Waals surface area contributed by atoms with E-state index in [1.807, 2.05) is 13.0 Å². The van der Waals surface area contributed by atoms with Crippen molar-refractivity contribution < 1.29 is 9.47 Å². The quantitative estimate of drug-likeness (QED) is 0.785. The van der Waals surface area contributed by atoms with Crippen LogP contribution >= 0.6 is 0 Å². The Balaban J connectivity index is 2.86. The van der Waals surface area contributed by atoms with E-state index >= 15 is 0 Å². The maximum atomic E-state index is 5.75. The van der Waals surface area contributed by atoms with Crippen molar-refractivity contribution in [2.45, 2.75) is 46.1 Å². The summed E-state index contributed by atoms with van der Waals surface area (Å²) >= 11 is 0. The van der Waals surface area contributed by atoms with Gasteiger partial charge in [-0.25, -0.2) is 4.98 Å². The lowest BCUT2D eigenvalue weighted by Gasteiger charge is -2.15. The van der Waals surface area contributed by atoms with Crippen LogP contribution in [0.2, 0.25) is 0 Å². The van der Waals surface area contributed by atoms with Crippen molar-refractivity contribution in [2.75, 3.05) is 25.6 Å². The summed E-state index contributed by atoms with van der Waals surface area (Å²) in [6.45, 7) is 9.65. The van der Waals surface area contributed by atoms with E-state index in [0.717, 1.165) is 24.6 Å². The Kier molecular flexibility index (Phi) is 6.56. The molecule has 5 nitrogen and oxygen atoms in total. The maximum Gasteiger partial charge on any atom is 0.219 e. The van der Waals surface area contributed by atoms with Crippen LogP contribution in [0, 0.1) is 0 Å². The normalized spacial score (nSPS) is 12.5. The molecule has 0 aromatic carbocycles. The Bertz CT molecular complexity index is 383. The van der Waals surface area contributed by atoms with Crippen LogP contribution in [-0.2, 0) is 4.74 Å². The van der Waals surface area contributed by atoms with Gasteiger partial charge in [-0.05, 0) is 13.3 Å². The van der Waals surface area contributed by atoms with Gasteiger partial charge in [0.15, 0.2) is 0 Å². The number of methoxy groups -OCH3 is 1. The molecule has 19 heavy (non-hydrogen) atoms. The summed E-state index contributed by atoms with van der Waals surface area (Å²) in [4.78, 5) is 8.92. The monoisotopic (exact) mass is 267 g/mol. The summed E-state index contributed by atoms with van der Waals surface area (Å²) < 4.78 is 10.8. The lowest BCUT2D eigenvalue weighted by atomic mass is 10.2. The van der Waals surface area contributed by atoms with Crippen molar-refractivity contribution in [3.05, 3.63) is 11.9 Å². The van der Waals surface area contributed by atoms with Gasteiger partial charge in [0, 0.05) is 25.6 Å². The van der Waals surface area contributed by atoms with Gasteiger partial charge in [-0.15, -0.1) is 0 Å². The van der Waals surface area contributed by atoms with E-state index in [2.05, 4.69) is 36.1 Å². The maximum absolute atomic E-state index is 5.75. The molecule has 0 aliphatic rings. The standard InChI is InChI=1S/C14H25N3O2/c1-6-7-15-12-8-13(19-11(4)9-18-5)17-14(16-12)10(2)3/h8,10-11H,6-7,9H2,1-5H3,(H,15,16,17). The van der Waals surface area contributed by atoms with Crippen LogP contribution in [0.5, 0.6) is 5.88 Å². The summed E-state index contributed by atoms with van der Waals surface area (Å²) in [6, 6.07) is 1.84. The van der Waals surface area contributed by atoms with Gasteiger partial charge in [0.1, 0.15) is 17.7 Å². The van der Waals surface area contributed by atoms with E-state index in [0.29, 0.717) is 12.5 Å². The zero-order chi connectivity index (χ0) is 14.3. The molecule has 108 valence electrons. The molecule has 1 rings (SSSR count). The topological polar surface area (TPSA) is 56.3 Å². The van der Waals surface area contributed by atoms with E-state index in [1.54, 1.807) is 7.11 Å². The van der Waals surface area contributed by atoms with Crippen molar-refractivity contribution in [3.8, 4) is 5.88 Å². The van der Waals surface area contributed by atoms with Crippen LogP contribution < -0.4 is 10.1 Å². The Morgan fingerprint density at radius 3 is 2.58 bits per heavy atom. The van der Waals surface area contributed by atoms with Crippen LogP contribution in [-0.4, -0.2) is 36.3 Å². The van der Waals surface area contributed by atoms with E-state index in [9.17, 15) is 0 Å². The molecule has 0 aliphatic carbocycles.